The van der Waals surface area contributed by atoms with Crippen LogP contribution in [0.25, 0.3) is 0 Å². The van der Waals surface area contributed by atoms with E-state index in [0.717, 1.165) is 0 Å². The van der Waals surface area contributed by atoms with Gasteiger partial charge in [-0.2, -0.15) is 0 Å². The second-order valence-electron chi connectivity index (χ2n) is 4.82. The number of amides is 1. The lowest BCUT2D eigenvalue weighted by atomic mass is 10.1. The van der Waals surface area contributed by atoms with Crippen molar-refractivity contribution in [3.8, 4) is 11.5 Å². The molecule has 1 amide bonds. The quantitative estimate of drug-likeness (QED) is 0.831. The molecule has 6 heteroatoms. The Balaban J connectivity index is 3.51. The van der Waals surface area contributed by atoms with Gasteiger partial charge in [-0.15, -0.1) is 0 Å². The summed E-state index contributed by atoms with van der Waals surface area (Å²) in [5, 5.41) is 9.18. The van der Waals surface area contributed by atoms with Crippen LogP contribution in [0.15, 0.2) is 12.1 Å². The highest BCUT2D eigenvalue weighted by Gasteiger charge is 2.24. The minimum absolute atomic E-state index is 0.0488. The standard InChI is InChI=1S/C14H19NO5/c1-7(2)19-10-6-5-9(14(17)18)12(20-8(3)4)11(10)13(15)16/h5-8H,1-4H3,(H2,15,16)(H,17,18). The minimum atomic E-state index is -1.20. The highest BCUT2D eigenvalue weighted by molar-refractivity contribution is 6.03. The Kier molecular flexibility index (Phi) is 4.96. The molecule has 0 saturated heterocycles. The molecule has 0 aliphatic carbocycles. The van der Waals surface area contributed by atoms with Crippen LogP contribution in [-0.2, 0) is 0 Å². The van der Waals surface area contributed by atoms with Gasteiger partial charge < -0.3 is 20.3 Å². The summed E-state index contributed by atoms with van der Waals surface area (Å²) in [6.07, 6.45) is -0.490. The summed E-state index contributed by atoms with van der Waals surface area (Å²) >= 11 is 0. The molecule has 1 rings (SSSR count). The van der Waals surface area contributed by atoms with E-state index in [1.807, 2.05) is 0 Å². The van der Waals surface area contributed by atoms with Crippen LogP contribution in [0, 0.1) is 0 Å². The molecular weight excluding hydrogens is 262 g/mol. The average Bonchev–Trinajstić information content (AvgIpc) is 2.26. The number of carboxylic acid groups (broad SMARTS) is 1. The van der Waals surface area contributed by atoms with Gasteiger partial charge in [0.15, 0.2) is 5.75 Å². The van der Waals surface area contributed by atoms with E-state index in [2.05, 4.69) is 0 Å². The van der Waals surface area contributed by atoms with Crippen molar-refractivity contribution in [1.29, 1.82) is 0 Å². The van der Waals surface area contributed by atoms with Crippen LogP contribution < -0.4 is 15.2 Å². The highest BCUT2D eigenvalue weighted by atomic mass is 16.5. The first-order valence-electron chi connectivity index (χ1n) is 6.27. The normalized spacial score (nSPS) is 10.7. The van der Waals surface area contributed by atoms with E-state index >= 15 is 0 Å². The number of rotatable bonds is 6. The van der Waals surface area contributed by atoms with Gasteiger partial charge in [0.25, 0.3) is 5.91 Å². The molecule has 1 aromatic carbocycles. The molecule has 110 valence electrons. The average molecular weight is 281 g/mol. The van der Waals surface area contributed by atoms with Crippen LogP contribution >= 0.6 is 0 Å². The van der Waals surface area contributed by atoms with Gasteiger partial charge in [-0.1, -0.05) is 0 Å². The highest BCUT2D eigenvalue weighted by Crippen LogP contribution is 2.33. The molecule has 6 nitrogen and oxygen atoms in total. The summed E-state index contributed by atoms with van der Waals surface area (Å²) in [7, 11) is 0. The Labute approximate surface area is 117 Å². The van der Waals surface area contributed by atoms with Crippen molar-refractivity contribution in [2.75, 3.05) is 0 Å². The number of primary amides is 1. The van der Waals surface area contributed by atoms with Crippen LogP contribution in [0.4, 0.5) is 0 Å². The zero-order chi connectivity index (χ0) is 15.4. The third kappa shape index (κ3) is 3.63. The number of aromatic carboxylic acids is 1. The van der Waals surface area contributed by atoms with Crippen LogP contribution in [0.5, 0.6) is 11.5 Å². The molecule has 3 N–H and O–H groups in total. The lowest BCUT2D eigenvalue weighted by Gasteiger charge is -2.19. The molecule has 0 aromatic heterocycles. The Hall–Kier alpha value is -2.24. The first kappa shape index (κ1) is 15.8. The molecular formula is C14H19NO5. The van der Waals surface area contributed by atoms with Crippen LogP contribution in [0.2, 0.25) is 0 Å². The van der Waals surface area contributed by atoms with Gasteiger partial charge >= 0.3 is 5.97 Å². The molecule has 0 fully saturated rings. The number of carbonyl (C=O) groups excluding carboxylic acids is 1. The SMILES string of the molecule is CC(C)Oc1ccc(C(=O)O)c(OC(C)C)c1C(N)=O. The molecule has 0 unspecified atom stereocenters. The molecule has 0 atom stereocenters. The van der Waals surface area contributed by atoms with E-state index < -0.39 is 11.9 Å². The zero-order valence-corrected chi connectivity index (χ0v) is 12.0. The number of carboxylic acids is 1. The first-order chi connectivity index (χ1) is 9.23. The van der Waals surface area contributed by atoms with Crippen molar-refractivity contribution in [1.82, 2.24) is 0 Å². The summed E-state index contributed by atoms with van der Waals surface area (Å²) in [5.41, 5.74) is 5.17. The second kappa shape index (κ2) is 6.27. The fourth-order valence-corrected chi connectivity index (χ4v) is 1.68. The predicted octanol–water partition coefficient (Wildman–Crippen LogP) is 2.06. The van der Waals surface area contributed by atoms with E-state index in [4.69, 9.17) is 15.2 Å². The van der Waals surface area contributed by atoms with Crippen LogP contribution in [0.1, 0.15) is 48.4 Å². The lowest BCUT2D eigenvalue weighted by molar-refractivity contribution is 0.0690. The van der Waals surface area contributed by atoms with Crippen molar-refractivity contribution in [3.05, 3.63) is 23.3 Å². The number of hydrogen-bond donors (Lipinski definition) is 2. The van der Waals surface area contributed by atoms with E-state index in [9.17, 15) is 14.7 Å². The van der Waals surface area contributed by atoms with E-state index in [0.29, 0.717) is 0 Å². The second-order valence-corrected chi connectivity index (χ2v) is 4.82. The van der Waals surface area contributed by atoms with Gasteiger partial charge in [0, 0.05) is 0 Å². The maximum atomic E-state index is 11.6. The zero-order valence-electron chi connectivity index (χ0n) is 12.0. The van der Waals surface area contributed by atoms with Gasteiger partial charge in [-0.25, -0.2) is 4.79 Å². The van der Waals surface area contributed by atoms with Gasteiger partial charge in [0.05, 0.1) is 12.2 Å². The summed E-state index contributed by atoms with van der Waals surface area (Å²) in [6.45, 7) is 7.04. The third-order valence-electron chi connectivity index (χ3n) is 2.31. The van der Waals surface area contributed by atoms with Crippen molar-refractivity contribution in [2.45, 2.75) is 39.9 Å². The van der Waals surface area contributed by atoms with Crippen LogP contribution in [-0.4, -0.2) is 29.2 Å². The molecule has 0 saturated carbocycles. The fourth-order valence-electron chi connectivity index (χ4n) is 1.68. The van der Waals surface area contributed by atoms with E-state index in [1.165, 1.54) is 12.1 Å². The van der Waals surface area contributed by atoms with Gasteiger partial charge in [-0.05, 0) is 39.8 Å². The van der Waals surface area contributed by atoms with E-state index in [-0.39, 0.29) is 34.8 Å². The maximum absolute atomic E-state index is 11.6. The number of carbonyl (C=O) groups is 2. The molecule has 0 aliphatic rings. The molecule has 0 aliphatic heterocycles. The van der Waals surface area contributed by atoms with Crippen molar-refractivity contribution in [2.24, 2.45) is 5.73 Å². The minimum Gasteiger partial charge on any atom is -0.490 e. The summed E-state index contributed by atoms with van der Waals surface area (Å²) < 4.78 is 10.9. The first-order valence-corrected chi connectivity index (χ1v) is 6.27. The van der Waals surface area contributed by atoms with E-state index in [1.54, 1.807) is 27.7 Å². The lowest BCUT2D eigenvalue weighted by Crippen LogP contribution is -2.20. The van der Waals surface area contributed by atoms with Crippen molar-refractivity contribution >= 4 is 11.9 Å². The largest absolute Gasteiger partial charge is 0.490 e. The monoisotopic (exact) mass is 281 g/mol. The fraction of sp³-hybridized carbons (Fsp3) is 0.429. The maximum Gasteiger partial charge on any atom is 0.339 e. The van der Waals surface area contributed by atoms with Crippen molar-refractivity contribution in [3.63, 3.8) is 0 Å². The number of nitrogens with two attached hydrogens (primary N) is 1. The Bertz CT molecular complexity index is 523. The molecule has 20 heavy (non-hydrogen) atoms. The topological polar surface area (TPSA) is 98.8 Å². The summed E-state index contributed by atoms with van der Waals surface area (Å²) in [5.74, 6) is -1.83. The van der Waals surface area contributed by atoms with Gasteiger partial charge in [0.1, 0.15) is 16.9 Å². The third-order valence-corrected chi connectivity index (χ3v) is 2.31. The molecule has 0 spiro atoms. The van der Waals surface area contributed by atoms with Crippen molar-refractivity contribution < 1.29 is 24.2 Å². The van der Waals surface area contributed by atoms with Crippen LogP contribution in [0.3, 0.4) is 0 Å². The Morgan fingerprint density at radius 3 is 2.05 bits per heavy atom. The van der Waals surface area contributed by atoms with Gasteiger partial charge in [0.2, 0.25) is 0 Å². The Morgan fingerprint density at radius 2 is 1.65 bits per heavy atom. The number of ether oxygens (including phenoxy) is 2. The number of benzene rings is 1. The summed E-state index contributed by atoms with van der Waals surface area (Å²) in [4.78, 5) is 22.9. The Morgan fingerprint density at radius 1 is 1.10 bits per heavy atom. The molecule has 0 radical (unpaired) electrons. The molecule has 1 aromatic rings. The smallest absolute Gasteiger partial charge is 0.339 e. The predicted molar refractivity (Wildman–Crippen MR) is 73.4 cm³/mol. The number of hydrogen-bond acceptors (Lipinski definition) is 4. The molecule has 0 bridgehead atoms. The van der Waals surface area contributed by atoms with Gasteiger partial charge in [-0.3, -0.25) is 4.79 Å². The summed E-state index contributed by atoms with van der Waals surface area (Å²) in [6, 6.07) is 2.75. The molecule has 0 heterocycles.